The SMILES string of the molecule is CCOC(=O)C=C(CO)CO. The molecule has 0 bridgehead atoms. The molecule has 0 aromatic carbocycles. The summed E-state index contributed by atoms with van der Waals surface area (Å²) in [6, 6.07) is 0. The van der Waals surface area contributed by atoms with Gasteiger partial charge < -0.3 is 14.9 Å². The Morgan fingerprint density at radius 1 is 1.45 bits per heavy atom. The third-order valence-corrected chi connectivity index (χ3v) is 1.01. The first-order valence-corrected chi connectivity index (χ1v) is 3.32. The van der Waals surface area contributed by atoms with Gasteiger partial charge in [0, 0.05) is 6.08 Å². The summed E-state index contributed by atoms with van der Waals surface area (Å²) in [6.45, 7) is 1.33. The Morgan fingerprint density at radius 3 is 2.36 bits per heavy atom. The zero-order chi connectivity index (χ0) is 8.69. The van der Waals surface area contributed by atoms with Crippen molar-refractivity contribution in [3.63, 3.8) is 0 Å². The van der Waals surface area contributed by atoms with Gasteiger partial charge in [-0.25, -0.2) is 4.79 Å². The molecular formula is C7H12O4. The fraction of sp³-hybridized carbons (Fsp3) is 0.571. The number of esters is 1. The summed E-state index contributed by atoms with van der Waals surface area (Å²) in [4.78, 5) is 10.7. The van der Waals surface area contributed by atoms with Crippen LogP contribution in [0.5, 0.6) is 0 Å². The predicted molar refractivity (Wildman–Crippen MR) is 38.9 cm³/mol. The number of carbonyl (C=O) groups is 1. The molecule has 0 saturated heterocycles. The molecule has 4 heteroatoms. The lowest BCUT2D eigenvalue weighted by molar-refractivity contribution is -0.137. The predicted octanol–water partition coefficient (Wildman–Crippen LogP) is -0.540. The standard InChI is InChI=1S/C7H12O4/c1-2-11-7(10)3-6(4-8)5-9/h3,8-9H,2,4-5H2,1H3. The van der Waals surface area contributed by atoms with Crippen molar-refractivity contribution in [2.24, 2.45) is 0 Å². The highest BCUT2D eigenvalue weighted by atomic mass is 16.5. The molecule has 0 amide bonds. The molecule has 0 unspecified atom stereocenters. The van der Waals surface area contributed by atoms with Crippen LogP contribution in [-0.4, -0.2) is 36.0 Å². The molecule has 0 rings (SSSR count). The topological polar surface area (TPSA) is 66.8 Å². The van der Waals surface area contributed by atoms with E-state index in [4.69, 9.17) is 10.2 Å². The third-order valence-electron chi connectivity index (χ3n) is 1.01. The molecule has 0 atom stereocenters. The first-order chi connectivity index (χ1) is 5.24. The molecular weight excluding hydrogens is 148 g/mol. The van der Waals surface area contributed by atoms with Gasteiger partial charge in [-0.1, -0.05) is 0 Å². The average molecular weight is 160 g/mol. The quantitative estimate of drug-likeness (QED) is 0.428. The van der Waals surface area contributed by atoms with Gasteiger partial charge in [0.05, 0.1) is 19.8 Å². The van der Waals surface area contributed by atoms with E-state index < -0.39 is 5.97 Å². The lowest BCUT2D eigenvalue weighted by Gasteiger charge is -1.98. The number of hydrogen-bond donors (Lipinski definition) is 2. The summed E-state index contributed by atoms with van der Waals surface area (Å²) in [5.74, 6) is -0.536. The molecule has 0 aromatic heterocycles. The molecule has 64 valence electrons. The summed E-state index contributed by atoms with van der Waals surface area (Å²) < 4.78 is 4.54. The van der Waals surface area contributed by atoms with Gasteiger partial charge >= 0.3 is 5.97 Å². The van der Waals surface area contributed by atoms with E-state index in [0.717, 1.165) is 6.08 Å². The second-order valence-corrected chi connectivity index (χ2v) is 1.87. The first-order valence-electron chi connectivity index (χ1n) is 3.32. The molecule has 0 spiro atoms. The fourth-order valence-electron chi connectivity index (χ4n) is 0.492. The number of carbonyl (C=O) groups excluding carboxylic acids is 1. The Morgan fingerprint density at radius 2 is 2.00 bits per heavy atom. The van der Waals surface area contributed by atoms with E-state index in [9.17, 15) is 4.79 Å². The zero-order valence-corrected chi connectivity index (χ0v) is 6.41. The highest BCUT2D eigenvalue weighted by Crippen LogP contribution is 1.91. The van der Waals surface area contributed by atoms with Crippen LogP contribution in [0.3, 0.4) is 0 Å². The normalized spacial score (nSPS) is 9.00. The minimum absolute atomic E-state index is 0.253. The molecule has 0 aliphatic heterocycles. The minimum Gasteiger partial charge on any atom is -0.463 e. The van der Waals surface area contributed by atoms with Crippen LogP contribution in [0, 0.1) is 0 Å². The molecule has 0 aliphatic carbocycles. The highest BCUT2D eigenvalue weighted by Gasteiger charge is 1.99. The Labute approximate surface area is 65.1 Å². The van der Waals surface area contributed by atoms with Crippen molar-refractivity contribution < 1.29 is 19.7 Å². The molecule has 0 heterocycles. The molecule has 0 aromatic rings. The Balaban J connectivity index is 3.93. The summed E-state index contributed by atoms with van der Waals surface area (Å²) in [5.41, 5.74) is 0.253. The average Bonchev–Trinajstić information content (AvgIpc) is 2.01. The van der Waals surface area contributed by atoms with Gasteiger partial charge in [0.1, 0.15) is 0 Å². The molecule has 0 aliphatic rings. The monoisotopic (exact) mass is 160 g/mol. The van der Waals surface area contributed by atoms with Crippen LogP contribution >= 0.6 is 0 Å². The van der Waals surface area contributed by atoms with Crippen molar-refractivity contribution in [2.45, 2.75) is 6.92 Å². The number of aliphatic hydroxyl groups is 2. The minimum atomic E-state index is -0.536. The highest BCUT2D eigenvalue weighted by molar-refractivity contribution is 5.82. The summed E-state index contributed by atoms with van der Waals surface area (Å²) in [5, 5.41) is 17.0. The van der Waals surface area contributed by atoms with Gasteiger partial charge in [0.15, 0.2) is 0 Å². The molecule has 0 fully saturated rings. The van der Waals surface area contributed by atoms with Gasteiger partial charge in [-0.15, -0.1) is 0 Å². The molecule has 0 saturated carbocycles. The van der Waals surface area contributed by atoms with Gasteiger partial charge in [0.25, 0.3) is 0 Å². The van der Waals surface area contributed by atoms with Crippen LogP contribution in [0.1, 0.15) is 6.92 Å². The number of hydrogen-bond acceptors (Lipinski definition) is 4. The van der Waals surface area contributed by atoms with E-state index >= 15 is 0 Å². The summed E-state index contributed by atoms with van der Waals surface area (Å²) in [6.07, 6.45) is 1.09. The van der Waals surface area contributed by atoms with Crippen LogP contribution in [0.2, 0.25) is 0 Å². The number of aliphatic hydroxyl groups excluding tert-OH is 2. The van der Waals surface area contributed by atoms with Crippen LogP contribution in [0.25, 0.3) is 0 Å². The van der Waals surface area contributed by atoms with Crippen molar-refractivity contribution in [3.8, 4) is 0 Å². The van der Waals surface area contributed by atoms with Crippen molar-refractivity contribution >= 4 is 5.97 Å². The van der Waals surface area contributed by atoms with E-state index in [0.29, 0.717) is 6.61 Å². The van der Waals surface area contributed by atoms with E-state index in [1.165, 1.54) is 0 Å². The van der Waals surface area contributed by atoms with E-state index in [2.05, 4.69) is 4.74 Å². The smallest absolute Gasteiger partial charge is 0.330 e. The van der Waals surface area contributed by atoms with Crippen LogP contribution in [0.15, 0.2) is 11.6 Å². The van der Waals surface area contributed by atoms with Gasteiger partial charge in [-0.3, -0.25) is 0 Å². The van der Waals surface area contributed by atoms with Gasteiger partial charge in [-0.2, -0.15) is 0 Å². The Kier molecular flexibility index (Phi) is 5.42. The second kappa shape index (κ2) is 5.88. The largest absolute Gasteiger partial charge is 0.463 e. The lowest BCUT2D eigenvalue weighted by Crippen LogP contribution is -2.05. The third kappa shape index (κ3) is 4.52. The summed E-state index contributed by atoms with van der Waals surface area (Å²) >= 11 is 0. The van der Waals surface area contributed by atoms with Crippen molar-refractivity contribution in [2.75, 3.05) is 19.8 Å². The van der Waals surface area contributed by atoms with Crippen LogP contribution < -0.4 is 0 Å². The second-order valence-electron chi connectivity index (χ2n) is 1.87. The summed E-state index contributed by atoms with van der Waals surface area (Å²) in [7, 11) is 0. The van der Waals surface area contributed by atoms with Crippen molar-refractivity contribution in [1.29, 1.82) is 0 Å². The van der Waals surface area contributed by atoms with Crippen molar-refractivity contribution in [3.05, 3.63) is 11.6 Å². The van der Waals surface area contributed by atoms with Crippen LogP contribution in [0.4, 0.5) is 0 Å². The van der Waals surface area contributed by atoms with E-state index in [1.54, 1.807) is 6.92 Å². The molecule has 0 radical (unpaired) electrons. The lowest BCUT2D eigenvalue weighted by atomic mass is 10.3. The van der Waals surface area contributed by atoms with Crippen LogP contribution in [-0.2, 0) is 9.53 Å². The van der Waals surface area contributed by atoms with E-state index in [-0.39, 0.29) is 18.8 Å². The van der Waals surface area contributed by atoms with Crippen molar-refractivity contribution in [1.82, 2.24) is 0 Å². The van der Waals surface area contributed by atoms with Gasteiger partial charge in [0.2, 0.25) is 0 Å². The number of rotatable bonds is 4. The Bertz CT molecular complexity index is 145. The Hall–Kier alpha value is -0.870. The van der Waals surface area contributed by atoms with Gasteiger partial charge in [-0.05, 0) is 12.5 Å². The molecule has 11 heavy (non-hydrogen) atoms. The molecule has 2 N–H and O–H groups in total. The first kappa shape index (κ1) is 10.1. The maximum absolute atomic E-state index is 10.7. The number of ether oxygens (including phenoxy) is 1. The fourth-order valence-corrected chi connectivity index (χ4v) is 0.492. The molecule has 4 nitrogen and oxygen atoms in total. The maximum Gasteiger partial charge on any atom is 0.330 e. The zero-order valence-electron chi connectivity index (χ0n) is 6.41. The maximum atomic E-state index is 10.7. The van der Waals surface area contributed by atoms with E-state index in [1.807, 2.05) is 0 Å².